The van der Waals surface area contributed by atoms with Crippen LogP contribution in [0.15, 0.2) is 46.8 Å². The Morgan fingerprint density at radius 3 is 2.69 bits per heavy atom. The molecule has 4 rings (SSSR count). The van der Waals surface area contributed by atoms with Crippen LogP contribution in [-0.4, -0.2) is 4.98 Å². The van der Waals surface area contributed by atoms with Crippen molar-refractivity contribution in [3.63, 3.8) is 0 Å². The first-order valence-electron chi connectivity index (χ1n) is 8.63. The Hall–Kier alpha value is -1.80. The lowest BCUT2D eigenvalue weighted by molar-refractivity contribution is 0.661. The summed E-state index contributed by atoms with van der Waals surface area (Å²) in [7, 11) is 0. The maximum atomic E-state index is 9.92. The molecule has 1 aromatic carbocycles. The molecule has 0 saturated carbocycles. The maximum Gasteiger partial charge on any atom is 0.115 e. The minimum absolute atomic E-state index is 0.729. The van der Waals surface area contributed by atoms with E-state index in [1.54, 1.807) is 23.1 Å². The number of fused-ring (bicyclic) bond motifs is 1. The number of hydrogen-bond acceptors (Lipinski definition) is 4. The molecule has 2 heterocycles. The maximum absolute atomic E-state index is 9.92. The average Bonchev–Trinajstić information content (AvgIpc) is 3.20. The molecule has 0 spiro atoms. The summed E-state index contributed by atoms with van der Waals surface area (Å²) in [6, 6.07) is 14.5. The lowest BCUT2D eigenvalue weighted by Gasteiger charge is -2.21. The second-order valence-electron chi connectivity index (χ2n) is 6.30. The molecule has 2 nitrogen and oxygen atoms in total. The third-order valence-corrected chi connectivity index (χ3v) is 6.79. The van der Waals surface area contributed by atoms with Crippen molar-refractivity contribution in [1.82, 2.24) is 4.98 Å². The lowest BCUT2D eigenvalue weighted by atomic mass is 9.89. The fourth-order valence-electron chi connectivity index (χ4n) is 3.35. The molecule has 130 valence electrons. The zero-order chi connectivity index (χ0) is 17.9. The molecule has 0 fully saturated rings. The van der Waals surface area contributed by atoms with Gasteiger partial charge >= 0.3 is 0 Å². The Balaban J connectivity index is 1.75. The highest BCUT2D eigenvalue weighted by Crippen LogP contribution is 2.40. The van der Waals surface area contributed by atoms with E-state index in [4.69, 9.17) is 16.6 Å². The molecule has 1 aliphatic rings. The van der Waals surface area contributed by atoms with Gasteiger partial charge in [-0.05, 0) is 60.4 Å². The molecule has 0 radical (unpaired) electrons. The van der Waals surface area contributed by atoms with Crippen molar-refractivity contribution >= 4 is 34.7 Å². The third kappa shape index (κ3) is 3.53. The molecule has 2 aromatic heterocycles. The van der Waals surface area contributed by atoms with Crippen LogP contribution in [0.1, 0.15) is 35.2 Å². The summed E-state index contributed by atoms with van der Waals surface area (Å²) in [6.07, 6.45) is 4.38. The number of hydrogen-bond donors (Lipinski definition) is 0. The van der Waals surface area contributed by atoms with Crippen LogP contribution in [0.3, 0.4) is 0 Å². The van der Waals surface area contributed by atoms with Crippen LogP contribution in [0.5, 0.6) is 0 Å². The fraction of sp³-hybridized carbons (Fsp3) is 0.238. The van der Waals surface area contributed by atoms with Crippen LogP contribution in [0.25, 0.3) is 10.4 Å². The van der Waals surface area contributed by atoms with Gasteiger partial charge in [-0.15, -0.1) is 23.1 Å². The van der Waals surface area contributed by atoms with Crippen LogP contribution in [-0.2, 0) is 18.6 Å². The zero-order valence-electron chi connectivity index (χ0n) is 14.2. The summed E-state index contributed by atoms with van der Waals surface area (Å²) in [5.74, 6) is 0.779. The number of aromatic nitrogens is 1. The van der Waals surface area contributed by atoms with Crippen LogP contribution >= 0.6 is 34.7 Å². The Labute approximate surface area is 166 Å². The van der Waals surface area contributed by atoms with E-state index in [2.05, 4.69) is 23.6 Å². The highest BCUT2D eigenvalue weighted by atomic mass is 35.5. The highest BCUT2D eigenvalue weighted by Gasteiger charge is 2.23. The number of benzene rings is 1. The van der Waals surface area contributed by atoms with Crippen molar-refractivity contribution in [3.8, 4) is 16.5 Å². The van der Waals surface area contributed by atoms with Gasteiger partial charge < -0.3 is 0 Å². The topological polar surface area (TPSA) is 36.7 Å². The van der Waals surface area contributed by atoms with Crippen molar-refractivity contribution in [3.05, 3.63) is 69.2 Å². The van der Waals surface area contributed by atoms with E-state index in [1.165, 1.54) is 34.5 Å². The molecule has 5 heteroatoms. The summed E-state index contributed by atoms with van der Waals surface area (Å²) >= 11 is 9.32. The number of rotatable bonds is 4. The smallest absolute Gasteiger partial charge is 0.115 e. The van der Waals surface area contributed by atoms with Gasteiger partial charge in [0.05, 0.1) is 5.56 Å². The van der Waals surface area contributed by atoms with Crippen molar-refractivity contribution in [1.29, 1.82) is 5.26 Å². The first-order valence-corrected chi connectivity index (χ1v) is 10.9. The van der Waals surface area contributed by atoms with E-state index in [1.807, 2.05) is 24.3 Å². The molecule has 0 amide bonds. The molecule has 3 aromatic rings. The first-order chi connectivity index (χ1) is 12.8. The van der Waals surface area contributed by atoms with Gasteiger partial charge in [0.25, 0.3) is 0 Å². The van der Waals surface area contributed by atoms with Gasteiger partial charge in [-0.25, -0.2) is 4.98 Å². The number of aryl methyl sites for hydroxylation is 1. The van der Waals surface area contributed by atoms with Crippen LogP contribution in [0.2, 0.25) is 5.02 Å². The second kappa shape index (κ2) is 7.84. The molecule has 0 unspecified atom stereocenters. The quantitative estimate of drug-likeness (QED) is 0.472. The molecule has 1 aliphatic carbocycles. The summed E-state index contributed by atoms with van der Waals surface area (Å²) in [6.45, 7) is 0. The van der Waals surface area contributed by atoms with Crippen LogP contribution in [0.4, 0.5) is 0 Å². The lowest BCUT2D eigenvalue weighted by Crippen LogP contribution is -2.10. The van der Waals surface area contributed by atoms with Gasteiger partial charge in [-0.2, -0.15) is 5.26 Å². The molecular formula is C21H17ClN2S2. The van der Waals surface area contributed by atoms with Gasteiger partial charge in [0, 0.05) is 26.9 Å². The third-order valence-electron chi connectivity index (χ3n) is 4.61. The number of pyridine rings is 1. The van der Waals surface area contributed by atoms with Crippen molar-refractivity contribution < 1.29 is 0 Å². The van der Waals surface area contributed by atoms with E-state index >= 15 is 0 Å². The molecule has 0 saturated heterocycles. The molecule has 0 bridgehead atoms. The number of halogens is 1. The zero-order valence-corrected chi connectivity index (χ0v) is 16.6. The van der Waals surface area contributed by atoms with Gasteiger partial charge in [0.2, 0.25) is 0 Å². The van der Waals surface area contributed by atoms with Crippen molar-refractivity contribution in [2.45, 2.75) is 36.5 Å². The standard InChI is InChI=1S/C21H17ClN2S2/c22-15-9-7-14(8-10-15)13-26-21-17(12-23)20(19-6-3-11-25-19)16-4-1-2-5-18(16)24-21/h3,6-11H,1-2,4-5,13H2. The second-order valence-corrected chi connectivity index (χ2v) is 8.65. The number of nitriles is 1. The average molecular weight is 397 g/mol. The minimum atomic E-state index is 0.729. The van der Waals surface area contributed by atoms with Gasteiger partial charge in [-0.1, -0.05) is 29.8 Å². The molecular weight excluding hydrogens is 380 g/mol. The Morgan fingerprint density at radius 1 is 1.15 bits per heavy atom. The molecule has 26 heavy (non-hydrogen) atoms. The molecule has 0 atom stereocenters. The van der Waals surface area contributed by atoms with Crippen molar-refractivity contribution in [2.24, 2.45) is 0 Å². The number of thioether (sulfide) groups is 1. The van der Waals surface area contributed by atoms with Crippen LogP contribution < -0.4 is 0 Å². The summed E-state index contributed by atoms with van der Waals surface area (Å²) < 4.78 is 0. The summed E-state index contributed by atoms with van der Waals surface area (Å²) in [5, 5.41) is 13.6. The van der Waals surface area contributed by atoms with Gasteiger partial charge in [-0.3, -0.25) is 0 Å². The SMILES string of the molecule is N#Cc1c(SCc2ccc(Cl)cc2)nc2c(c1-c1cccs1)CCCC2. The van der Waals surface area contributed by atoms with E-state index in [0.717, 1.165) is 39.8 Å². The highest BCUT2D eigenvalue weighted by molar-refractivity contribution is 7.98. The first kappa shape index (κ1) is 17.6. The summed E-state index contributed by atoms with van der Waals surface area (Å²) in [4.78, 5) is 6.08. The predicted octanol–water partition coefficient (Wildman–Crippen LogP) is 6.51. The minimum Gasteiger partial charge on any atom is -0.245 e. The number of nitrogens with zero attached hydrogens (tertiary/aromatic N) is 2. The Kier molecular flexibility index (Phi) is 5.31. The van der Waals surface area contributed by atoms with Gasteiger partial charge in [0.1, 0.15) is 11.1 Å². The van der Waals surface area contributed by atoms with E-state index in [0.29, 0.717) is 0 Å². The van der Waals surface area contributed by atoms with E-state index in [9.17, 15) is 5.26 Å². The molecule has 0 N–H and O–H groups in total. The number of thiophene rings is 1. The predicted molar refractivity (Wildman–Crippen MR) is 110 cm³/mol. The van der Waals surface area contributed by atoms with Crippen molar-refractivity contribution in [2.75, 3.05) is 0 Å². The summed E-state index contributed by atoms with van der Waals surface area (Å²) in [5.41, 5.74) is 5.49. The fourth-order valence-corrected chi connectivity index (χ4v) is 5.24. The Bertz CT molecular complexity index is 957. The van der Waals surface area contributed by atoms with E-state index < -0.39 is 0 Å². The monoisotopic (exact) mass is 396 g/mol. The largest absolute Gasteiger partial charge is 0.245 e. The van der Waals surface area contributed by atoms with Gasteiger partial charge in [0.15, 0.2) is 0 Å². The Morgan fingerprint density at radius 2 is 1.96 bits per heavy atom. The normalized spacial score (nSPS) is 13.2. The molecule has 0 aliphatic heterocycles. The van der Waals surface area contributed by atoms with Crippen LogP contribution in [0, 0.1) is 11.3 Å². The van der Waals surface area contributed by atoms with E-state index in [-0.39, 0.29) is 0 Å².